The van der Waals surface area contributed by atoms with Crippen LogP contribution in [-0.2, 0) is 0 Å². The lowest BCUT2D eigenvalue weighted by molar-refractivity contribution is 0.0712. The van der Waals surface area contributed by atoms with E-state index in [1.54, 1.807) is 12.4 Å². The summed E-state index contributed by atoms with van der Waals surface area (Å²) >= 11 is 3.36. The van der Waals surface area contributed by atoms with Crippen molar-refractivity contribution in [2.45, 2.75) is 18.8 Å². The predicted molar refractivity (Wildman–Crippen MR) is 86.3 cm³/mol. The number of rotatable bonds is 2. The Kier molecular flexibility index (Phi) is 4.34. The van der Waals surface area contributed by atoms with Crippen LogP contribution >= 0.6 is 15.9 Å². The summed E-state index contributed by atoms with van der Waals surface area (Å²) in [6, 6.07) is 12.4. The Bertz CT molecular complexity index is 622. The van der Waals surface area contributed by atoms with Crippen molar-refractivity contribution in [3.05, 3.63) is 64.4 Å². The van der Waals surface area contributed by atoms with Crippen LogP contribution < -0.4 is 0 Å². The number of hydrogen-bond acceptors (Lipinski definition) is 2. The van der Waals surface area contributed by atoms with E-state index in [4.69, 9.17) is 0 Å². The van der Waals surface area contributed by atoms with E-state index in [1.807, 2.05) is 17.0 Å². The molecule has 1 fully saturated rings. The van der Waals surface area contributed by atoms with Crippen LogP contribution in [0.3, 0.4) is 0 Å². The van der Waals surface area contributed by atoms with E-state index in [9.17, 15) is 4.79 Å². The van der Waals surface area contributed by atoms with Crippen LogP contribution in [0.2, 0.25) is 0 Å². The number of carbonyl (C=O) groups excluding carboxylic acids is 1. The quantitative estimate of drug-likeness (QED) is 0.828. The molecule has 1 amide bonds. The Balaban J connectivity index is 1.64. The summed E-state index contributed by atoms with van der Waals surface area (Å²) in [5.74, 6) is 0.645. The van der Waals surface area contributed by atoms with E-state index in [0.29, 0.717) is 11.5 Å². The van der Waals surface area contributed by atoms with Crippen molar-refractivity contribution in [2.75, 3.05) is 13.1 Å². The van der Waals surface area contributed by atoms with Gasteiger partial charge in [-0.3, -0.25) is 9.78 Å². The third-order valence-electron chi connectivity index (χ3n) is 4.00. The van der Waals surface area contributed by atoms with Crippen molar-refractivity contribution in [1.82, 2.24) is 9.88 Å². The molecule has 2 aromatic rings. The average molecular weight is 345 g/mol. The molecule has 108 valence electrons. The standard InChI is InChI=1S/C17H17BrN2O/c18-16-10-15(11-19-12-16)17(21)20-8-6-14(7-9-20)13-4-2-1-3-5-13/h1-5,10-12,14H,6-9H2. The van der Waals surface area contributed by atoms with Crippen molar-refractivity contribution in [2.24, 2.45) is 0 Å². The number of aromatic nitrogens is 1. The number of carbonyl (C=O) groups is 1. The zero-order chi connectivity index (χ0) is 14.7. The molecule has 1 aromatic heterocycles. The molecule has 0 aliphatic carbocycles. The van der Waals surface area contributed by atoms with E-state index in [1.165, 1.54) is 5.56 Å². The molecule has 4 heteroatoms. The number of nitrogens with zero attached hydrogens (tertiary/aromatic N) is 2. The number of pyridine rings is 1. The molecule has 21 heavy (non-hydrogen) atoms. The van der Waals surface area contributed by atoms with Gasteiger partial charge in [0, 0.05) is 30.0 Å². The van der Waals surface area contributed by atoms with E-state index in [-0.39, 0.29) is 5.91 Å². The number of benzene rings is 1. The maximum absolute atomic E-state index is 12.5. The van der Waals surface area contributed by atoms with Crippen molar-refractivity contribution < 1.29 is 4.79 Å². The number of amides is 1. The minimum absolute atomic E-state index is 0.0790. The number of halogens is 1. The maximum atomic E-state index is 12.5. The summed E-state index contributed by atoms with van der Waals surface area (Å²) in [5.41, 5.74) is 2.04. The highest BCUT2D eigenvalue weighted by molar-refractivity contribution is 9.10. The molecule has 0 saturated carbocycles. The van der Waals surface area contributed by atoms with E-state index < -0.39 is 0 Å². The second-order valence-electron chi connectivity index (χ2n) is 5.37. The average Bonchev–Trinajstić information content (AvgIpc) is 2.55. The van der Waals surface area contributed by atoms with Crippen LogP contribution in [0, 0.1) is 0 Å². The molecule has 3 rings (SSSR count). The molecule has 0 spiro atoms. The van der Waals surface area contributed by atoms with Gasteiger partial charge in [0.1, 0.15) is 0 Å². The van der Waals surface area contributed by atoms with Crippen molar-refractivity contribution in [3.8, 4) is 0 Å². The largest absolute Gasteiger partial charge is 0.339 e. The van der Waals surface area contributed by atoms with Crippen LogP contribution in [0.25, 0.3) is 0 Å². The minimum Gasteiger partial charge on any atom is -0.339 e. The lowest BCUT2D eigenvalue weighted by atomic mass is 9.89. The van der Waals surface area contributed by atoms with E-state index >= 15 is 0 Å². The highest BCUT2D eigenvalue weighted by Gasteiger charge is 2.24. The van der Waals surface area contributed by atoms with Gasteiger partial charge in [0.15, 0.2) is 0 Å². The van der Waals surface area contributed by atoms with Crippen molar-refractivity contribution in [3.63, 3.8) is 0 Å². The molecule has 1 aliphatic rings. The monoisotopic (exact) mass is 344 g/mol. The van der Waals surface area contributed by atoms with Gasteiger partial charge in [0.2, 0.25) is 0 Å². The molecule has 0 radical (unpaired) electrons. The normalized spacial score (nSPS) is 16.0. The van der Waals surface area contributed by atoms with E-state index in [2.05, 4.69) is 45.2 Å². The molecule has 0 unspecified atom stereocenters. The Morgan fingerprint density at radius 1 is 1.14 bits per heavy atom. The zero-order valence-electron chi connectivity index (χ0n) is 11.7. The first-order valence-electron chi connectivity index (χ1n) is 7.19. The van der Waals surface area contributed by atoms with Crippen LogP contribution in [0.5, 0.6) is 0 Å². The maximum Gasteiger partial charge on any atom is 0.255 e. The highest BCUT2D eigenvalue weighted by atomic mass is 79.9. The second kappa shape index (κ2) is 6.39. The third kappa shape index (κ3) is 3.32. The lowest BCUT2D eigenvalue weighted by Crippen LogP contribution is -2.37. The first-order valence-corrected chi connectivity index (χ1v) is 7.98. The number of piperidine rings is 1. The molecule has 2 heterocycles. The summed E-state index contributed by atoms with van der Waals surface area (Å²) < 4.78 is 0.840. The van der Waals surface area contributed by atoms with Crippen LogP contribution in [0.15, 0.2) is 53.3 Å². The van der Waals surface area contributed by atoms with Gasteiger partial charge in [-0.15, -0.1) is 0 Å². The molecule has 0 atom stereocenters. The molecular formula is C17H17BrN2O. The fourth-order valence-corrected chi connectivity index (χ4v) is 3.22. The smallest absolute Gasteiger partial charge is 0.255 e. The van der Waals surface area contributed by atoms with Gasteiger partial charge in [-0.25, -0.2) is 0 Å². The summed E-state index contributed by atoms with van der Waals surface area (Å²) in [5, 5.41) is 0. The van der Waals surface area contributed by atoms with Gasteiger partial charge < -0.3 is 4.90 Å². The van der Waals surface area contributed by atoms with Crippen LogP contribution in [0.4, 0.5) is 0 Å². The van der Waals surface area contributed by atoms with Crippen LogP contribution in [0.1, 0.15) is 34.7 Å². The van der Waals surface area contributed by atoms with Crippen LogP contribution in [-0.4, -0.2) is 28.9 Å². The van der Waals surface area contributed by atoms with Gasteiger partial charge in [-0.05, 0) is 46.3 Å². The third-order valence-corrected chi connectivity index (χ3v) is 4.44. The number of likely N-dealkylation sites (tertiary alicyclic amines) is 1. The summed E-state index contributed by atoms with van der Waals surface area (Å²) in [6.07, 6.45) is 5.38. The molecule has 0 bridgehead atoms. The summed E-state index contributed by atoms with van der Waals surface area (Å²) in [6.45, 7) is 1.62. The molecule has 1 aromatic carbocycles. The van der Waals surface area contributed by atoms with Gasteiger partial charge >= 0.3 is 0 Å². The lowest BCUT2D eigenvalue weighted by Gasteiger charge is -2.32. The zero-order valence-corrected chi connectivity index (χ0v) is 13.3. The van der Waals surface area contributed by atoms with Gasteiger partial charge in [-0.1, -0.05) is 30.3 Å². The molecule has 3 nitrogen and oxygen atoms in total. The molecule has 1 aliphatic heterocycles. The molecule has 1 saturated heterocycles. The molecular weight excluding hydrogens is 328 g/mol. The van der Waals surface area contributed by atoms with Gasteiger partial charge in [0.05, 0.1) is 5.56 Å². The Morgan fingerprint density at radius 2 is 1.86 bits per heavy atom. The topological polar surface area (TPSA) is 33.2 Å². The summed E-state index contributed by atoms with van der Waals surface area (Å²) in [4.78, 5) is 18.5. The van der Waals surface area contributed by atoms with Gasteiger partial charge in [0.25, 0.3) is 5.91 Å². The number of hydrogen-bond donors (Lipinski definition) is 0. The highest BCUT2D eigenvalue weighted by Crippen LogP contribution is 2.28. The summed E-state index contributed by atoms with van der Waals surface area (Å²) in [7, 11) is 0. The second-order valence-corrected chi connectivity index (χ2v) is 6.28. The molecule has 0 N–H and O–H groups in total. The Morgan fingerprint density at radius 3 is 2.52 bits per heavy atom. The van der Waals surface area contributed by atoms with Gasteiger partial charge in [-0.2, -0.15) is 0 Å². The Labute approximate surface area is 133 Å². The minimum atomic E-state index is 0.0790. The first-order chi connectivity index (χ1) is 10.2. The predicted octanol–water partition coefficient (Wildman–Crippen LogP) is 3.86. The SMILES string of the molecule is O=C(c1cncc(Br)c1)N1CCC(c2ccccc2)CC1. The van der Waals surface area contributed by atoms with E-state index in [0.717, 1.165) is 30.4 Å². The van der Waals surface area contributed by atoms with Crippen molar-refractivity contribution >= 4 is 21.8 Å². The van der Waals surface area contributed by atoms with Crippen molar-refractivity contribution in [1.29, 1.82) is 0 Å². The Hall–Kier alpha value is -1.68. The fourth-order valence-electron chi connectivity index (χ4n) is 2.85. The first kappa shape index (κ1) is 14.3. The fraction of sp³-hybridized carbons (Fsp3) is 0.294.